The van der Waals surface area contributed by atoms with Gasteiger partial charge in [0.2, 0.25) is 5.91 Å². The number of rotatable bonds is 2. The van der Waals surface area contributed by atoms with Crippen LogP contribution in [0.25, 0.3) is 0 Å². The van der Waals surface area contributed by atoms with Gasteiger partial charge < -0.3 is 10.2 Å². The maximum atomic E-state index is 12.6. The van der Waals surface area contributed by atoms with Gasteiger partial charge in [-0.25, -0.2) is 4.79 Å². The van der Waals surface area contributed by atoms with Crippen LogP contribution < -0.4 is 15.1 Å². The summed E-state index contributed by atoms with van der Waals surface area (Å²) in [6, 6.07) is 15.6. The number of urea groups is 1. The van der Waals surface area contributed by atoms with Crippen molar-refractivity contribution < 1.29 is 9.59 Å². The molecule has 0 saturated carbocycles. The van der Waals surface area contributed by atoms with Crippen molar-refractivity contribution in [3.8, 4) is 0 Å². The van der Waals surface area contributed by atoms with Gasteiger partial charge in [-0.2, -0.15) is 0 Å². The smallest absolute Gasteiger partial charge is 0.322 e. The average Bonchev–Trinajstić information content (AvgIpc) is 3.19. The number of hydrogen-bond acceptors (Lipinski definition) is 2. The second-order valence-electron chi connectivity index (χ2n) is 6.72. The van der Waals surface area contributed by atoms with Crippen LogP contribution in [-0.4, -0.2) is 31.1 Å². The minimum atomic E-state index is -0.158. The Morgan fingerprint density at radius 3 is 2.68 bits per heavy atom. The van der Waals surface area contributed by atoms with Crippen LogP contribution in [0, 0.1) is 6.92 Å². The van der Waals surface area contributed by atoms with E-state index in [4.69, 9.17) is 0 Å². The van der Waals surface area contributed by atoms with E-state index in [9.17, 15) is 9.59 Å². The van der Waals surface area contributed by atoms with Crippen molar-refractivity contribution in [3.63, 3.8) is 0 Å². The zero-order valence-electron chi connectivity index (χ0n) is 14.2. The van der Waals surface area contributed by atoms with Crippen LogP contribution in [-0.2, 0) is 11.2 Å². The summed E-state index contributed by atoms with van der Waals surface area (Å²) in [7, 11) is 0. The molecule has 3 amide bonds. The highest BCUT2D eigenvalue weighted by atomic mass is 16.2. The Kier molecular flexibility index (Phi) is 3.92. The van der Waals surface area contributed by atoms with Crippen molar-refractivity contribution in [1.82, 2.24) is 5.32 Å². The van der Waals surface area contributed by atoms with Crippen LogP contribution in [0.15, 0.2) is 48.5 Å². The summed E-state index contributed by atoms with van der Waals surface area (Å²) in [5.74, 6) is 0.0518. The molecule has 1 atom stereocenters. The second-order valence-corrected chi connectivity index (χ2v) is 6.72. The molecule has 2 heterocycles. The molecule has 1 saturated heterocycles. The number of nitrogens with one attached hydrogen (secondary N) is 1. The van der Waals surface area contributed by atoms with Gasteiger partial charge in [0.1, 0.15) is 0 Å². The lowest BCUT2D eigenvalue weighted by atomic mass is 10.2. The van der Waals surface area contributed by atoms with Crippen LogP contribution in [0.1, 0.15) is 17.5 Å². The molecule has 128 valence electrons. The first kappa shape index (κ1) is 15.7. The number of fused-ring (bicyclic) bond motifs is 1. The van der Waals surface area contributed by atoms with Gasteiger partial charge in [-0.05, 0) is 37.1 Å². The molecule has 0 aliphatic carbocycles. The van der Waals surface area contributed by atoms with E-state index in [2.05, 4.69) is 11.4 Å². The predicted molar refractivity (Wildman–Crippen MR) is 98.0 cm³/mol. The van der Waals surface area contributed by atoms with E-state index in [1.165, 1.54) is 5.56 Å². The number of nitrogens with zero attached hydrogens (tertiary/aromatic N) is 2. The van der Waals surface area contributed by atoms with E-state index in [-0.39, 0.29) is 18.0 Å². The first-order chi connectivity index (χ1) is 12.1. The topological polar surface area (TPSA) is 52.7 Å². The van der Waals surface area contributed by atoms with Gasteiger partial charge in [0.05, 0.1) is 6.04 Å². The first-order valence-electron chi connectivity index (χ1n) is 8.65. The molecule has 5 heteroatoms. The third kappa shape index (κ3) is 2.97. The molecule has 2 aromatic carbocycles. The summed E-state index contributed by atoms with van der Waals surface area (Å²) in [5, 5.41) is 3.03. The average molecular weight is 335 g/mol. The standard InChI is InChI=1S/C20H21N3O2/c1-14-6-8-17(9-7-14)23-13-16(12-19(23)24)21-20(25)22-11-10-15-4-2-3-5-18(15)22/h2-9,16H,10-13H2,1H3,(H,21,25)/t16-/m1/s1. The SMILES string of the molecule is Cc1ccc(N2C[C@H](NC(=O)N3CCc4ccccc43)CC2=O)cc1. The highest BCUT2D eigenvalue weighted by Crippen LogP contribution is 2.28. The molecule has 2 aromatic rings. The van der Waals surface area contributed by atoms with Gasteiger partial charge in [-0.15, -0.1) is 0 Å². The highest BCUT2D eigenvalue weighted by Gasteiger charge is 2.33. The number of para-hydroxylation sites is 1. The van der Waals surface area contributed by atoms with E-state index in [1.54, 1.807) is 9.80 Å². The normalized spacial score (nSPS) is 19.2. The number of carbonyl (C=O) groups is 2. The van der Waals surface area contributed by atoms with E-state index >= 15 is 0 Å². The van der Waals surface area contributed by atoms with Crippen LogP contribution in [0.5, 0.6) is 0 Å². The maximum absolute atomic E-state index is 12.6. The molecule has 5 nitrogen and oxygen atoms in total. The van der Waals surface area contributed by atoms with Crippen LogP contribution in [0.2, 0.25) is 0 Å². The number of anilines is 2. The fraction of sp³-hybridized carbons (Fsp3) is 0.300. The monoisotopic (exact) mass is 335 g/mol. The number of carbonyl (C=O) groups excluding carboxylic acids is 2. The molecular weight excluding hydrogens is 314 g/mol. The predicted octanol–water partition coefficient (Wildman–Crippen LogP) is 2.87. The van der Waals surface area contributed by atoms with Gasteiger partial charge in [-0.1, -0.05) is 35.9 Å². The van der Waals surface area contributed by atoms with Crippen LogP contribution in [0.4, 0.5) is 16.2 Å². The van der Waals surface area contributed by atoms with Crippen LogP contribution in [0.3, 0.4) is 0 Å². The van der Waals surface area contributed by atoms with Crippen LogP contribution >= 0.6 is 0 Å². The molecule has 0 spiro atoms. The Balaban J connectivity index is 1.43. The molecule has 0 bridgehead atoms. The van der Waals surface area contributed by atoms with Gasteiger partial charge >= 0.3 is 6.03 Å². The molecular formula is C20H21N3O2. The fourth-order valence-corrected chi connectivity index (χ4v) is 3.58. The van der Waals surface area contributed by atoms with E-state index < -0.39 is 0 Å². The third-order valence-electron chi connectivity index (χ3n) is 4.93. The minimum Gasteiger partial charge on any atom is -0.333 e. The molecule has 2 aliphatic rings. The summed E-state index contributed by atoms with van der Waals surface area (Å²) in [6.45, 7) is 3.23. The Morgan fingerprint density at radius 2 is 1.88 bits per heavy atom. The van der Waals surface area contributed by atoms with Gasteiger partial charge in [0, 0.05) is 30.9 Å². The zero-order valence-corrected chi connectivity index (χ0v) is 14.2. The molecule has 1 fully saturated rings. The lowest BCUT2D eigenvalue weighted by molar-refractivity contribution is -0.117. The largest absolute Gasteiger partial charge is 0.333 e. The summed E-state index contributed by atoms with van der Waals surface area (Å²) in [5.41, 5.74) is 4.22. The number of aryl methyl sites for hydroxylation is 1. The minimum absolute atomic E-state index is 0.0518. The maximum Gasteiger partial charge on any atom is 0.322 e. The summed E-state index contributed by atoms with van der Waals surface area (Å²) < 4.78 is 0. The van der Waals surface area contributed by atoms with Gasteiger partial charge in [0.25, 0.3) is 0 Å². The summed E-state index contributed by atoms with van der Waals surface area (Å²) in [6.07, 6.45) is 1.22. The molecule has 4 rings (SSSR count). The first-order valence-corrected chi connectivity index (χ1v) is 8.65. The zero-order chi connectivity index (χ0) is 17.4. The van der Waals surface area contributed by atoms with Crippen molar-refractivity contribution in [2.24, 2.45) is 0 Å². The summed E-state index contributed by atoms with van der Waals surface area (Å²) >= 11 is 0. The molecule has 1 N–H and O–H groups in total. The molecule has 2 aliphatic heterocycles. The Bertz CT molecular complexity index is 816. The van der Waals surface area contributed by atoms with Crippen molar-refractivity contribution in [2.75, 3.05) is 22.9 Å². The highest BCUT2D eigenvalue weighted by molar-refractivity contribution is 5.98. The molecule has 0 radical (unpaired) electrons. The molecule has 25 heavy (non-hydrogen) atoms. The molecule has 0 aromatic heterocycles. The Hall–Kier alpha value is -2.82. The van der Waals surface area contributed by atoms with Crippen molar-refractivity contribution in [2.45, 2.75) is 25.8 Å². The third-order valence-corrected chi connectivity index (χ3v) is 4.93. The van der Waals surface area contributed by atoms with Gasteiger partial charge in [-0.3, -0.25) is 9.69 Å². The van der Waals surface area contributed by atoms with E-state index in [0.29, 0.717) is 19.5 Å². The number of amides is 3. The number of benzene rings is 2. The van der Waals surface area contributed by atoms with Crippen molar-refractivity contribution in [3.05, 3.63) is 59.7 Å². The molecule has 0 unspecified atom stereocenters. The van der Waals surface area contributed by atoms with E-state index in [1.807, 2.05) is 49.4 Å². The second kappa shape index (κ2) is 6.24. The Morgan fingerprint density at radius 1 is 1.12 bits per heavy atom. The lowest BCUT2D eigenvalue weighted by Gasteiger charge is -2.21. The van der Waals surface area contributed by atoms with Gasteiger partial charge in [0.15, 0.2) is 0 Å². The quantitative estimate of drug-likeness (QED) is 0.917. The van der Waals surface area contributed by atoms with E-state index in [0.717, 1.165) is 23.4 Å². The van der Waals surface area contributed by atoms with Crippen molar-refractivity contribution in [1.29, 1.82) is 0 Å². The van der Waals surface area contributed by atoms with Crippen molar-refractivity contribution >= 4 is 23.3 Å². The fourth-order valence-electron chi connectivity index (χ4n) is 3.58. The number of hydrogen-bond donors (Lipinski definition) is 1. The lowest BCUT2D eigenvalue weighted by Crippen LogP contribution is -2.45. The summed E-state index contributed by atoms with van der Waals surface area (Å²) in [4.78, 5) is 28.5. The Labute approximate surface area is 147 Å².